The zero-order valence-electron chi connectivity index (χ0n) is 23.9. The molecular weight excluding hydrogens is 554 g/mol. The minimum atomic E-state index is -1.74. The van der Waals surface area contributed by atoms with E-state index in [1.807, 2.05) is 30.3 Å². The third kappa shape index (κ3) is 9.24. The van der Waals surface area contributed by atoms with E-state index in [4.69, 9.17) is 21.7 Å². The monoisotopic (exact) mass is 589 g/mol. The first-order valence-electron chi connectivity index (χ1n) is 13.5. The number of nitrogens with one attached hydrogen (secondary N) is 2. The van der Waals surface area contributed by atoms with Gasteiger partial charge in [0.2, 0.25) is 5.91 Å². The van der Waals surface area contributed by atoms with Crippen LogP contribution in [0.15, 0.2) is 78.9 Å². The van der Waals surface area contributed by atoms with Crippen molar-refractivity contribution in [2.45, 2.75) is 32.2 Å². The van der Waals surface area contributed by atoms with Crippen molar-refractivity contribution < 1.29 is 28.7 Å². The summed E-state index contributed by atoms with van der Waals surface area (Å²) in [6, 6.07) is 22.0. The molecule has 0 unspecified atom stereocenters. The zero-order valence-corrected chi connectivity index (χ0v) is 24.7. The molecule has 10 heteroatoms. The lowest BCUT2D eigenvalue weighted by Crippen LogP contribution is -2.60. The molecule has 3 rings (SSSR count). The Hall–Kier alpha value is -4.57. The Labute approximate surface area is 251 Å². The zero-order chi connectivity index (χ0) is 30.5. The molecule has 0 heterocycles. The van der Waals surface area contributed by atoms with E-state index in [-0.39, 0.29) is 24.4 Å². The van der Waals surface area contributed by atoms with Gasteiger partial charge in [0.05, 0.1) is 19.1 Å². The molecule has 2 N–H and O–H groups in total. The van der Waals surface area contributed by atoms with E-state index < -0.39 is 29.7 Å². The lowest BCUT2D eigenvalue weighted by Gasteiger charge is -2.28. The number of nitrogens with zero attached hydrogens (tertiary/aromatic N) is 1. The second kappa shape index (κ2) is 16.0. The fourth-order valence-corrected chi connectivity index (χ4v) is 4.49. The molecule has 9 nitrogen and oxygen atoms in total. The van der Waals surface area contributed by atoms with E-state index in [1.54, 1.807) is 62.8 Å². The normalized spacial score (nSPS) is 10.5. The van der Waals surface area contributed by atoms with Crippen LogP contribution in [0.25, 0.3) is 0 Å². The highest BCUT2D eigenvalue weighted by atomic mass is 32.1. The number of ether oxygens (including phenoxy) is 2. The number of methoxy groups -OCH3 is 2. The molecule has 42 heavy (non-hydrogen) atoms. The summed E-state index contributed by atoms with van der Waals surface area (Å²) in [5.41, 5.74) is 2.63. The summed E-state index contributed by atoms with van der Waals surface area (Å²) in [4.78, 5) is 53.6. The highest BCUT2D eigenvalue weighted by molar-refractivity contribution is 7.82. The predicted molar refractivity (Wildman–Crippen MR) is 163 cm³/mol. The lowest BCUT2D eigenvalue weighted by molar-refractivity contribution is -0.152. The fraction of sp³-hybridized carbons (Fsp3) is 0.281. The van der Waals surface area contributed by atoms with Gasteiger partial charge in [-0.15, -0.1) is 0 Å². The average molecular weight is 590 g/mol. The van der Waals surface area contributed by atoms with E-state index in [9.17, 15) is 19.2 Å². The Kier molecular flexibility index (Phi) is 12.2. The van der Waals surface area contributed by atoms with Gasteiger partial charge in [-0.3, -0.25) is 24.1 Å². The van der Waals surface area contributed by atoms with E-state index in [2.05, 4.69) is 10.6 Å². The summed E-state index contributed by atoms with van der Waals surface area (Å²) in [5.74, 6) is -1.78. The molecule has 0 aliphatic heterocycles. The van der Waals surface area contributed by atoms with Crippen LogP contribution in [0, 0.1) is 0 Å². The number of rotatable bonds is 14. The van der Waals surface area contributed by atoms with Crippen molar-refractivity contribution in [2.75, 3.05) is 27.3 Å². The number of hydrogen-bond acceptors (Lipinski definition) is 7. The smallest absolute Gasteiger partial charge is 0.268 e. The molecule has 0 spiro atoms. The Morgan fingerprint density at radius 3 is 1.57 bits per heavy atom. The molecule has 0 radical (unpaired) electrons. The maximum Gasteiger partial charge on any atom is 0.268 e. The lowest BCUT2D eigenvalue weighted by atomic mass is 10.1. The van der Waals surface area contributed by atoms with Crippen LogP contribution in [0.3, 0.4) is 0 Å². The molecular formula is C32H35N3O6S. The second-order valence-electron chi connectivity index (χ2n) is 9.46. The Balaban J connectivity index is 1.75. The molecule has 3 aromatic carbocycles. The van der Waals surface area contributed by atoms with Crippen molar-refractivity contribution in [3.05, 3.63) is 95.6 Å². The molecule has 0 aromatic heterocycles. The quantitative estimate of drug-likeness (QED) is 0.220. The number of imide groups is 1. The van der Waals surface area contributed by atoms with Crippen molar-refractivity contribution in [1.29, 1.82) is 0 Å². The van der Waals surface area contributed by atoms with Crippen molar-refractivity contribution in [1.82, 2.24) is 15.5 Å². The van der Waals surface area contributed by atoms with Gasteiger partial charge in [0.1, 0.15) is 11.5 Å². The van der Waals surface area contributed by atoms with E-state index >= 15 is 0 Å². The topological polar surface area (TPSA) is 114 Å². The molecule has 0 fully saturated rings. The summed E-state index contributed by atoms with van der Waals surface area (Å²) >= 11 is 5.36. The second-order valence-corrected chi connectivity index (χ2v) is 9.95. The third-order valence-electron chi connectivity index (χ3n) is 6.50. The first-order valence-corrected chi connectivity index (χ1v) is 13.9. The number of benzene rings is 3. The van der Waals surface area contributed by atoms with Gasteiger partial charge in [0.25, 0.3) is 17.7 Å². The number of thiocarbonyl (C=S) groups is 1. The summed E-state index contributed by atoms with van der Waals surface area (Å²) in [6.45, 7) is 1.48. The summed E-state index contributed by atoms with van der Waals surface area (Å²) in [6.07, 6.45) is 1.01. The molecule has 0 saturated heterocycles. The molecule has 220 valence electrons. The van der Waals surface area contributed by atoms with Gasteiger partial charge in [-0.25, -0.2) is 0 Å². The van der Waals surface area contributed by atoms with Crippen molar-refractivity contribution in [2.24, 2.45) is 0 Å². The Bertz CT molecular complexity index is 1310. The third-order valence-corrected chi connectivity index (χ3v) is 6.82. The van der Waals surface area contributed by atoms with Gasteiger partial charge in [0, 0.05) is 26.4 Å². The van der Waals surface area contributed by atoms with Gasteiger partial charge >= 0.3 is 0 Å². The molecule has 0 aliphatic rings. The largest absolute Gasteiger partial charge is 0.497 e. The highest BCUT2D eigenvalue weighted by Crippen LogP contribution is 2.13. The maximum atomic E-state index is 13.4. The van der Waals surface area contributed by atoms with Crippen LogP contribution in [-0.4, -0.2) is 66.7 Å². The van der Waals surface area contributed by atoms with Crippen molar-refractivity contribution in [3.8, 4) is 11.5 Å². The first kappa shape index (κ1) is 32.0. The van der Waals surface area contributed by atoms with Crippen LogP contribution >= 0.6 is 12.2 Å². The Morgan fingerprint density at radius 1 is 0.714 bits per heavy atom. The number of carbonyl (C=O) groups is 4. The minimum absolute atomic E-state index is 0.0848. The van der Waals surface area contributed by atoms with Crippen LogP contribution in [0.2, 0.25) is 0 Å². The van der Waals surface area contributed by atoms with Crippen LogP contribution in [-0.2, 0) is 38.4 Å². The van der Waals surface area contributed by atoms with Crippen LogP contribution in [0.1, 0.15) is 23.6 Å². The van der Waals surface area contributed by atoms with Crippen LogP contribution in [0.4, 0.5) is 0 Å². The number of carbonyl (C=O) groups excluding carboxylic acids is 4. The summed E-state index contributed by atoms with van der Waals surface area (Å²) in [5, 5.41) is 5.41. The molecule has 3 aromatic rings. The number of amides is 4. The minimum Gasteiger partial charge on any atom is -0.497 e. The van der Waals surface area contributed by atoms with Crippen molar-refractivity contribution in [3.63, 3.8) is 0 Å². The van der Waals surface area contributed by atoms with Gasteiger partial charge < -0.3 is 20.1 Å². The van der Waals surface area contributed by atoms with E-state index in [1.165, 1.54) is 0 Å². The Morgan fingerprint density at radius 2 is 1.17 bits per heavy atom. The highest BCUT2D eigenvalue weighted by Gasteiger charge is 2.39. The molecule has 0 aliphatic carbocycles. The van der Waals surface area contributed by atoms with E-state index in [0.29, 0.717) is 29.2 Å². The van der Waals surface area contributed by atoms with Crippen LogP contribution in [0.5, 0.6) is 11.5 Å². The average Bonchev–Trinajstić information content (AvgIpc) is 3.00. The SMILES string of the molecule is COc1ccc(CCNC(=O)C(C(=O)NCCc2ccc(OC)cc2)N(C(C)=O)C(=O)C(=S)Cc2ccccc2)cc1. The van der Waals surface area contributed by atoms with Gasteiger partial charge in [-0.1, -0.05) is 66.8 Å². The fourth-order valence-electron chi connectivity index (χ4n) is 4.22. The van der Waals surface area contributed by atoms with Gasteiger partial charge in [0.15, 0.2) is 6.04 Å². The molecule has 0 saturated carbocycles. The summed E-state index contributed by atoms with van der Waals surface area (Å²) < 4.78 is 10.3. The van der Waals surface area contributed by atoms with Gasteiger partial charge in [-0.2, -0.15) is 0 Å². The number of hydrogen-bond donors (Lipinski definition) is 2. The molecule has 0 atom stereocenters. The molecule has 4 amide bonds. The standard InChI is InChI=1S/C32H35N3O6S/c1-22(36)35(32(39)28(42)21-25-7-5-4-6-8-25)29(30(37)33-19-17-23-9-13-26(40-2)14-10-23)31(38)34-20-18-24-11-15-27(41-3)16-12-24/h4-16,29H,17-21H2,1-3H3,(H,33,37)(H,34,38). The van der Waals surface area contributed by atoms with Crippen molar-refractivity contribution >= 4 is 40.7 Å². The van der Waals surface area contributed by atoms with Gasteiger partial charge in [-0.05, 0) is 53.8 Å². The summed E-state index contributed by atoms with van der Waals surface area (Å²) in [7, 11) is 3.15. The first-order chi connectivity index (χ1) is 20.2. The van der Waals surface area contributed by atoms with E-state index in [0.717, 1.165) is 23.6 Å². The predicted octanol–water partition coefficient (Wildman–Crippen LogP) is 3.08. The van der Waals surface area contributed by atoms with Crippen LogP contribution < -0.4 is 20.1 Å². The molecule has 0 bridgehead atoms. The maximum absolute atomic E-state index is 13.4.